The molecule has 5 nitrogen and oxygen atoms in total. The smallest absolute Gasteiger partial charge is 0.428 e. The number of pyridine rings is 1. The van der Waals surface area contributed by atoms with E-state index in [1.54, 1.807) is 19.1 Å². The molecule has 0 saturated carbocycles. The van der Waals surface area contributed by atoms with Crippen molar-refractivity contribution >= 4 is 11.8 Å². The Morgan fingerprint density at radius 3 is 2.50 bits per heavy atom. The molecular formula is C16H12F3N3O2. The third kappa shape index (κ3) is 3.22. The van der Waals surface area contributed by atoms with Gasteiger partial charge in [-0.1, -0.05) is 18.2 Å². The number of carbonyl (C=O) groups is 1. The van der Waals surface area contributed by atoms with Crippen LogP contribution in [0.1, 0.15) is 16.8 Å². The second kappa shape index (κ2) is 5.95. The number of halogens is 3. The quantitative estimate of drug-likeness (QED) is 0.913. The Hall–Kier alpha value is -2.90. The maximum absolute atomic E-state index is 13.5. The number of carbonyl (C=O) groups excluding carboxylic acids is 1. The van der Waals surface area contributed by atoms with E-state index < -0.39 is 17.8 Å². The van der Waals surface area contributed by atoms with Crippen LogP contribution in [-0.2, 0) is 10.9 Å². The average Bonchev–Trinajstić information content (AvgIpc) is 2.55. The van der Waals surface area contributed by atoms with Gasteiger partial charge in [0.15, 0.2) is 0 Å². The fourth-order valence-electron chi connectivity index (χ4n) is 2.30. The van der Waals surface area contributed by atoms with Gasteiger partial charge >= 0.3 is 12.3 Å². The topological polar surface area (TPSA) is 63.6 Å². The summed E-state index contributed by atoms with van der Waals surface area (Å²) in [6, 6.07) is 7.11. The minimum atomic E-state index is -4.55. The zero-order chi connectivity index (χ0) is 17.3. The molecule has 124 valence electrons. The van der Waals surface area contributed by atoms with Gasteiger partial charge in [-0.2, -0.15) is 18.3 Å². The predicted molar refractivity (Wildman–Crippen MR) is 80.4 cm³/mol. The third-order valence-corrected chi connectivity index (χ3v) is 3.50. The molecular weight excluding hydrogens is 323 g/mol. The average molecular weight is 335 g/mol. The SMILES string of the molecule is Cc1ccc(-c2ccc(C3=NNC(=O)OC3)cc2C(F)(F)F)cn1. The van der Waals surface area contributed by atoms with Crippen molar-refractivity contribution in [1.82, 2.24) is 10.4 Å². The molecule has 2 heterocycles. The number of rotatable bonds is 2. The van der Waals surface area contributed by atoms with E-state index in [9.17, 15) is 18.0 Å². The van der Waals surface area contributed by atoms with Crippen LogP contribution in [0, 0.1) is 6.92 Å². The van der Waals surface area contributed by atoms with Crippen LogP contribution in [0.5, 0.6) is 0 Å². The molecule has 1 aliphatic rings. The molecule has 0 aliphatic carbocycles. The molecule has 0 spiro atoms. The number of ether oxygens (including phenoxy) is 1. The summed E-state index contributed by atoms with van der Waals surface area (Å²) in [5, 5.41) is 3.73. The number of aryl methyl sites for hydroxylation is 1. The fraction of sp³-hybridized carbons (Fsp3) is 0.188. The molecule has 2 aromatic rings. The summed E-state index contributed by atoms with van der Waals surface area (Å²) in [6.07, 6.45) is -3.88. The Morgan fingerprint density at radius 2 is 1.92 bits per heavy atom. The van der Waals surface area contributed by atoms with Crippen molar-refractivity contribution in [3.63, 3.8) is 0 Å². The summed E-state index contributed by atoms with van der Waals surface area (Å²) >= 11 is 0. The van der Waals surface area contributed by atoms with Crippen LogP contribution in [0.4, 0.5) is 18.0 Å². The van der Waals surface area contributed by atoms with Crippen molar-refractivity contribution in [3.05, 3.63) is 53.3 Å². The monoisotopic (exact) mass is 335 g/mol. The van der Waals surface area contributed by atoms with Crippen molar-refractivity contribution in [3.8, 4) is 11.1 Å². The Bertz CT molecular complexity index is 814. The van der Waals surface area contributed by atoms with Crippen molar-refractivity contribution in [2.45, 2.75) is 13.1 Å². The minimum Gasteiger partial charge on any atom is -0.442 e. The lowest BCUT2D eigenvalue weighted by Gasteiger charge is -2.17. The van der Waals surface area contributed by atoms with E-state index in [1.807, 2.05) is 0 Å². The number of hydrazone groups is 1. The van der Waals surface area contributed by atoms with Crippen LogP contribution in [0.15, 0.2) is 41.6 Å². The molecule has 1 aromatic carbocycles. The number of nitrogens with zero attached hydrogens (tertiary/aromatic N) is 2. The van der Waals surface area contributed by atoms with Crippen LogP contribution in [-0.4, -0.2) is 23.4 Å². The van der Waals surface area contributed by atoms with E-state index in [-0.39, 0.29) is 23.4 Å². The number of cyclic esters (lactones) is 1. The molecule has 3 rings (SSSR count). The van der Waals surface area contributed by atoms with Gasteiger partial charge in [0.2, 0.25) is 0 Å². The Morgan fingerprint density at radius 1 is 1.17 bits per heavy atom. The van der Waals surface area contributed by atoms with E-state index >= 15 is 0 Å². The maximum atomic E-state index is 13.5. The molecule has 1 amide bonds. The highest BCUT2D eigenvalue weighted by Crippen LogP contribution is 2.37. The number of aromatic nitrogens is 1. The van der Waals surface area contributed by atoms with Crippen molar-refractivity contribution in [2.75, 3.05) is 6.61 Å². The standard InChI is InChI=1S/C16H12F3N3O2/c1-9-2-3-11(7-20-9)12-5-4-10(6-13(12)16(17,18)19)14-8-24-15(23)22-21-14/h2-7H,8H2,1H3,(H,22,23). The van der Waals surface area contributed by atoms with Gasteiger partial charge in [0.05, 0.1) is 5.56 Å². The highest BCUT2D eigenvalue weighted by Gasteiger charge is 2.34. The van der Waals surface area contributed by atoms with Gasteiger partial charge in [0, 0.05) is 23.0 Å². The summed E-state index contributed by atoms with van der Waals surface area (Å²) in [6.45, 7) is 1.57. The maximum Gasteiger partial charge on any atom is 0.428 e. The zero-order valence-electron chi connectivity index (χ0n) is 12.5. The molecule has 1 aromatic heterocycles. The number of benzene rings is 1. The summed E-state index contributed by atoms with van der Waals surface area (Å²) in [5.74, 6) is 0. The first-order valence-corrected chi connectivity index (χ1v) is 6.98. The Kier molecular flexibility index (Phi) is 3.96. The normalized spacial score (nSPS) is 14.7. The lowest BCUT2D eigenvalue weighted by Crippen LogP contribution is -2.30. The number of nitrogens with one attached hydrogen (secondary N) is 1. The van der Waals surface area contributed by atoms with Crippen molar-refractivity contribution in [2.24, 2.45) is 5.10 Å². The van der Waals surface area contributed by atoms with Gasteiger partial charge in [-0.25, -0.2) is 10.2 Å². The number of amides is 1. The van der Waals surface area contributed by atoms with Gasteiger partial charge in [0.25, 0.3) is 0 Å². The Labute approximate surface area is 135 Å². The van der Waals surface area contributed by atoms with Crippen LogP contribution < -0.4 is 5.43 Å². The largest absolute Gasteiger partial charge is 0.442 e. The third-order valence-electron chi connectivity index (χ3n) is 3.50. The number of alkyl halides is 3. The molecule has 1 aliphatic heterocycles. The van der Waals surface area contributed by atoms with Crippen LogP contribution in [0.2, 0.25) is 0 Å². The molecule has 0 atom stereocenters. The Balaban J connectivity index is 2.08. The van der Waals surface area contributed by atoms with Gasteiger partial charge in [-0.15, -0.1) is 0 Å². The van der Waals surface area contributed by atoms with E-state index in [2.05, 4.69) is 15.5 Å². The highest BCUT2D eigenvalue weighted by atomic mass is 19.4. The summed E-state index contributed by atoms with van der Waals surface area (Å²) < 4.78 is 45.1. The summed E-state index contributed by atoms with van der Waals surface area (Å²) in [4.78, 5) is 14.9. The first-order valence-electron chi connectivity index (χ1n) is 6.98. The van der Waals surface area contributed by atoms with E-state index in [0.717, 1.165) is 6.07 Å². The molecule has 0 fully saturated rings. The predicted octanol–water partition coefficient (Wildman–Crippen LogP) is 3.52. The van der Waals surface area contributed by atoms with Crippen LogP contribution in [0.25, 0.3) is 11.1 Å². The zero-order valence-corrected chi connectivity index (χ0v) is 12.5. The lowest BCUT2D eigenvalue weighted by molar-refractivity contribution is -0.137. The molecule has 0 saturated heterocycles. The fourth-order valence-corrected chi connectivity index (χ4v) is 2.30. The lowest BCUT2D eigenvalue weighted by atomic mass is 9.96. The molecule has 1 N–H and O–H groups in total. The first-order chi connectivity index (χ1) is 11.3. The summed E-state index contributed by atoms with van der Waals surface area (Å²) in [7, 11) is 0. The number of hydrogen-bond acceptors (Lipinski definition) is 4. The van der Waals surface area contributed by atoms with Gasteiger partial charge in [0.1, 0.15) is 12.3 Å². The van der Waals surface area contributed by atoms with Gasteiger partial charge in [-0.3, -0.25) is 4.98 Å². The van der Waals surface area contributed by atoms with Gasteiger partial charge < -0.3 is 4.74 Å². The first kappa shape index (κ1) is 16.0. The van der Waals surface area contributed by atoms with E-state index in [4.69, 9.17) is 4.74 Å². The summed E-state index contributed by atoms with van der Waals surface area (Å²) in [5.41, 5.74) is 2.83. The highest BCUT2D eigenvalue weighted by molar-refractivity contribution is 6.04. The van der Waals surface area contributed by atoms with E-state index in [1.165, 1.54) is 18.3 Å². The molecule has 24 heavy (non-hydrogen) atoms. The molecule has 0 radical (unpaired) electrons. The van der Waals surface area contributed by atoms with Crippen LogP contribution in [0.3, 0.4) is 0 Å². The number of hydrogen-bond donors (Lipinski definition) is 1. The van der Waals surface area contributed by atoms with Crippen LogP contribution >= 0.6 is 0 Å². The van der Waals surface area contributed by atoms with E-state index in [0.29, 0.717) is 11.3 Å². The van der Waals surface area contributed by atoms with Crippen molar-refractivity contribution < 1.29 is 22.7 Å². The second-order valence-corrected chi connectivity index (χ2v) is 5.19. The minimum absolute atomic E-state index is 0.0279. The second-order valence-electron chi connectivity index (χ2n) is 5.19. The molecule has 0 unspecified atom stereocenters. The van der Waals surface area contributed by atoms with Crippen molar-refractivity contribution in [1.29, 1.82) is 0 Å². The molecule has 0 bridgehead atoms. The molecule has 8 heteroatoms. The van der Waals surface area contributed by atoms with Gasteiger partial charge in [-0.05, 0) is 24.6 Å².